The fraction of sp³-hybridized carbons (Fsp3) is 0.250. The predicted molar refractivity (Wildman–Crippen MR) is 62.5 cm³/mol. The number of hydrogen-bond acceptors (Lipinski definition) is 4. The molecule has 1 rings (SSSR count). The number of nitrogens with zero attached hydrogens (tertiary/aromatic N) is 1. The Labute approximate surface area is 101 Å². The zero-order chi connectivity index (χ0) is 12.3. The molecule has 0 aliphatic heterocycles. The molecular formula is C8H9BrN2O4S. The summed E-state index contributed by atoms with van der Waals surface area (Å²) < 4.78 is 25.2. The summed E-state index contributed by atoms with van der Waals surface area (Å²) in [7, 11) is -2.25. The van der Waals surface area contributed by atoms with E-state index in [2.05, 4.69) is 20.7 Å². The van der Waals surface area contributed by atoms with E-state index in [1.165, 1.54) is 19.2 Å². The van der Waals surface area contributed by atoms with Crippen molar-refractivity contribution in [3.05, 3.63) is 38.3 Å². The molecule has 16 heavy (non-hydrogen) atoms. The topological polar surface area (TPSA) is 89.3 Å². The van der Waals surface area contributed by atoms with Crippen molar-refractivity contribution in [3.8, 4) is 0 Å². The third-order valence-corrected chi connectivity index (χ3v) is 3.71. The maximum atomic E-state index is 11.3. The van der Waals surface area contributed by atoms with Crippen molar-refractivity contribution in [1.29, 1.82) is 0 Å². The van der Waals surface area contributed by atoms with Gasteiger partial charge in [-0.3, -0.25) is 10.1 Å². The molecule has 0 heterocycles. The van der Waals surface area contributed by atoms with E-state index in [4.69, 9.17) is 0 Å². The molecule has 0 atom stereocenters. The minimum Gasteiger partial charge on any atom is -0.258 e. The molecule has 0 aliphatic rings. The summed E-state index contributed by atoms with van der Waals surface area (Å²) in [5.41, 5.74) is -0.0595. The van der Waals surface area contributed by atoms with Crippen LogP contribution in [0.1, 0.15) is 5.56 Å². The fourth-order valence-electron chi connectivity index (χ4n) is 1.11. The Kier molecular flexibility index (Phi) is 4.00. The quantitative estimate of drug-likeness (QED) is 0.672. The van der Waals surface area contributed by atoms with Crippen LogP contribution in [0.2, 0.25) is 0 Å². The van der Waals surface area contributed by atoms with Crippen LogP contribution >= 0.6 is 15.9 Å². The highest BCUT2D eigenvalue weighted by Gasteiger charge is 2.19. The second kappa shape index (κ2) is 4.89. The number of halogens is 1. The summed E-state index contributed by atoms with van der Waals surface area (Å²) in [6.45, 7) is 0. The van der Waals surface area contributed by atoms with Gasteiger partial charge in [-0.15, -0.1) is 0 Å². The lowest BCUT2D eigenvalue weighted by Crippen LogP contribution is -2.20. The molecule has 88 valence electrons. The van der Waals surface area contributed by atoms with Crippen molar-refractivity contribution in [3.63, 3.8) is 0 Å². The maximum Gasteiger partial charge on any atom is 0.274 e. The molecule has 1 aromatic rings. The van der Waals surface area contributed by atoms with E-state index >= 15 is 0 Å². The molecule has 0 aromatic heterocycles. The normalized spacial score (nSPS) is 11.4. The van der Waals surface area contributed by atoms with Crippen LogP contribution in [0.15, 0.2) is 22.7 Å². The Morgan fingerprint density at radius 2 is 2.12 bits per heavy atom. The van der Waals surface area contributed by atoms with Gasteiger partial charge in [-0.25, -0.2) is 13.1 Å². The maximum absolute atomic E-state index is 11.3. The van der Waals surface area contributed by atoms with Gasteiger partial charge in [-0.05, 0) is 19.2 Å². The van der Waals surface area contributed by atoms with Gasteiger partial charge in [0.05, 0.1) is 10.7 Å². The molecule has 0 amide bonds. The summed E-state index contributed by atoms with van der Waals surface area (Å²) >= 11 is 3.09. The summed E-state index contributed by atoms with van der Waals surface area (Å²) in [5.74, 6) is -0.410. The van der Waals surface area contributed by atoms with Gasteiger partial charge in [0, 0.05) is 16.1 Å². The Balaban J connectivity index is 3.19. The Morgan fingerprint density at radius 1 is 1.50 bits per heavy atom. The summed E-state index contributed by atoms with van der Waals surface area (Å²) in [6.07, 6.45) is 0. The zero-order valence-electron chi connectivity index (χ0n) is 8.31. The lowest BCUT2D eigenvalue weighted by molar-refractivity contribution is -0.385. The van der Waals surface area contributed by atoms with Crippen molar-refractivity contribution in [2.75, 3.05) is 7.05 Å². The molecule has 0 spiro atoms. The monoisotopic (exact) mass is 308 g/mol. The van der Waals surface area contributed by atoms with Crippen LogP contribution in [0.4, 0.5) is 5.69 Å². The highest BCUT2D eigenvalue weighted by Crippen LogP contribution is 2.24. The third-order valence-electron chi connectivity index (χ3n) is 1.90. The van der Waals surface area contributed by atoms with E-state index in [1.807, 2.05) is 0 Å². The lowest BCUT2D eigenvalue weighted by Gasteiger charge is -2.04. The minimum absolute atomic E-state index is 0.155. The first-order valence-corrected chi connectivity index (χ1v) is 6.64. The van der Waals surface area contributed by atoms with Gasteiger partial charge in [0.1, 0.15) is 0 Å². The highest BCUT2D eigenvalue weighted by atomic mass is 79.9. The van der Waals surface area contributed by atoms with Crippen molar-refractivity contribution < 1.29 is 13.3 Å². The second-order valence-electron chi connectivity index (χ2n) is 2.99. The van der Waals surface area contributed by atoms with Crippen molar-refractivity contribution >= 4 is 31.6 Å². The fourth-order valence-corrected chi connectivity index (χ4v) is 2.25. The number of rotatable bonds is 4. The number of sulfonamides is 1. The number of nitro benzene ring substituents is 1. The highest BCUT2D eigenvalue weighted by molar-refractivity contribution is 9.10. The SMILES string of the molecule is CNS(=O)(=O)Cc1ccc(Br)cc1[N+](=O)[O-]. The first-order chi connectivity index (χ1) is 7.35. The smallest absolute Gasteiger partial charge is 0.258 e. The van der Waals surface area contributed by atoms with Crippen LogP contribution in [-0.4, -0.2) is 20.4 Å². The molecule has 0 fully saturated rings. The van der Waals surface area contributed by atoms with E-state index in [9.17, 15) is 18.5 Å². The third kappa shape index (κ3) is 3.26. The average molecular weight is 309 g/mol. The minimum atomic E-state index is -3.51. The average Bonchev–Trinajstić information content (AvgIpc) is 2.20. The number of hydrogen-bond donors (Lipinski definition) is 1. The van der Waals surface area contributed by atoms with Crippen LogP contribution < -0.4 is 4.72 Å². The predicted octanol–water partition coefficient (Wildman–Crippen LogP) is 1.41. The van der Waals surface area contributed by atoms with Gasteiger partial charge in [0.25, 0.3) is 5.69 Å². The summed E-state index contributed by atoms with van der Waals surface area (Å²) in [6, 6.07) is 4.26. The summed E-state index contributed by atoms with van der Waals surface area (Å²) in [5, 5.41) is 10.7. The molecule has 0 saturated heterocycles. The van der Waals surface area contributed by atoms with E-state index in [-0.39, 0.29) is 11.3 Å². The Morgan fingerprint density at radius 3 is 2.62 bits per heavy atom. The molecule has 0 bridgehead atoms. The molecule has 0 radical (unpaired) electrons. The second-order valence-corrected chi connectivity index (χ2v) is 5.84. The van der Waals surface area contributed by atoms with Crippen molar-refractivity contribution in [2.45, 2.75) is 5.75 Å². The number of nitrogens with one attached hydrogen (secondary N) is 1. The number of benzene rings is 1. The van der Waals surface area contributed by atoms with Crippen molar-refractivity contribution in [1.82, 2.24) is 4.72 Å². The molecule has 1 aromatic carbocycles. The Hall–Kier alpha value is -0.990. The van der Waals surface area contributed by atoms with Gasteiger partial charge in [0.15, 0.2) is 0 Å². The molecule has 0 saturated carbocycles. The zero-order valence-corrected chi connectivity index (χ0v) is 10.7. The van der Waals surface area contributed by atoms with Gasteiger partial charge in [-0.2, -0.15) is 0 Å². The molecule has 1 N–H and O–H groups in total. The molecular weight excluding hydrogens is 300 g/mol. The molecule has 6 nitrogen and oxygen atoms in total. The van der Waals surface area contributed by atoms with Gasteiger partial charge in [-0.1, -0.05) is 15.9 Å². The standard InChI is InChI=1S/C8H9BrN2O4S/c1-10-16(14,15)5-6-2-3-7(9)4-8(6)11(12)13/h2-4,10H,5H2,1H3. The van der Waals surface area contributed by atoms with Gasteiger partial charge >= 0.3 is 0 Å². The molecule has 0 unspecified atom stereocenters. The van der Waals surface area contributed by atoms with E-state index < -0.39 is 20.7 Å². The van der Waals surface area contributed by atoms with E-state index in [1.54, 1.807) is 6.07 Å². The van der Waals surface area contributed by atoms with Crippen molar-refractivity contribution in [2.24, 2.45) is 0 Å². The van der Waals surface area contributed by atoms with Crippen LogP contribution in [0.3, 0.4) is 0 Å². The molecule has 8 heteroatoms. The summed E-state index contributed by atoms with van der Waals surface area (Å²) in [4.78, 5) is 10.1. The van der Waals surface area contributed by atoms with E-state index in [0.717, 1.165) is 0 Å². The largest absolute Gasteiger partial charge is 0.274 e. The number of nitro groups is 1. The van der Waals surface area contributed by atoms with Crippen LogP contribution in [0, 0.1) is 10.1 Å². The van der Waals surface area contributed by atoms with Gasteiger partial charge < -0.3 is 0 Å². The first-order valence-electron chi connectivity index (χ1n) is 4.20. The van der Waals surface area contributed by atoms with E-state index in [0.29, 0.717) is 4.47 Å². The lowest BCUT2D eigenvalue weighted by atomic mass is 10.2. The molecule has 0 aliphatic carbocycles. The first kappa shape index (κ1) is 13.1. The Bertz CT molecular complexity index is 515. The van der Waals surface area contributed by atoms with Gasteiger partial charge in [0.2, 0.25) is 10.0 Å². The van der Waals surface area contributed by atoms with Crippen LogP contribution in [0.5, 0.6) is 0 Å². The van der Waals surface area contributed by atoms with Crippen LogP contribution in [-0.2, 0) is 15.8 Å². The van der Waals surface area contributed by atoms with Crippen LogP contribution in [0.25, 0.3) is 0 Å².